The fraction of sp³-hybridized carbons (Fsp3) is 0.562. The quantitative estimate of drug-likeness (QED) is 0.748. The average Bonchev–Trinajstić information content (AvgIpc) is 2.47. The van der Waals surface area contributed by atoms with Crippen LogP contribution in [-0.2, 0) is 5.54 Å². The van der Waals surface area contributed by atoms with Crippen molar-refractivity contribution in [1.29, 1.82) is 5.26 Å². The minimum atomic E-state index is -0.640. The van der Waals surface area contributed by atoms with Gasteiger partial charge in [-0.25, -0.2) is 0 Å². The molecule has 0 aromatic heterocycles. The Labute approximate surface area is 130 Å². The van der Waals surface area contributed by atoms with Gasteiger partial charge >= 0.3 is 0 Å². The van der Waals surface area contributed by atoms with Crippen LogP contribution in [0.1, 0.15) is 44.1 Å². The molecule has 106 valence electrons. The zero-order valence-electron chi connectivity index (χ0n) is 11.4. The third-order valence-electron chi connectivity index (χ3n) is 4.75. The van der Waals surface area contributed by atoms with Crippen LogP contribution >= 0.6 is 23.2 Å². The summed E-state index contributed by atoms with van der Waals surface area (Å²) >= 11 is 12.8. The van der Waals surface area contributed by atoms with E-state index in [1.807, 2.05) is 18.2 Å². The lowest BCUT2D eigenvalue weighted by Crippen LogP contribution is -2.55. The van der Waals surface area contributed by atoms with Gasteiger partial charge in [-0.05, 0) is 44.2 Å². The van der Waals surface area contributed by atoms with E-state index in [4.69, 9.17) is 23.2 Å². The Morgan fingerprint density at radius 3 is 2.55 bits per heavy atom. The molecule has 3 rings (SSSR count). The second kappa shape index (κ2) is 5.56. The van der Waals surface area contributed by atoms with Gasteiger partial charge in [0.05, 0.1) is 6.07 Å². The van der Waals surface area contributed by atoms with Gasteiger partial charge in [0.15, 0.2) is 0 Å². The predicted octanol–water partition coefficient (Wildman–Crippen LogP) is 4.75. The molecule has 2 fully saturated rings. The van der Waals surface area contributed by atoms with Crippen LogP contribution in [0, 0.1) is 11.3 Å². The van der Waals surface area contributed by atoms with Gasteiger partial charge in [-0.15, -0.1) is 0 Å². The summed E-state index contributed by atoms with van der Waals surface area (Å²) in [6.45, 7) is 0.972. The number of benzene rings is 1. The van der Waals surface area contributed by atoms with E-state index in [-0.39, 0.29) is 0 Å². The molecule has 0 bridgehead atoms. The number of fused-ring (bicyclic) bond motifs is 1. The van der Waals surface area contributed by atoms with Crippen LogP contribution in [-0.4, -0.2) is 17.5 Å². The van der Waals surface area contributed by atoms with Crippen LogP contribution in [0.4, 0.5) is 0 Å². The van der Waals surface area contributed by atoms with E-state index < -0.39 is 5.54 Å². The normalized spacial score (nSPS) is 30.6. The maximum atomic E-state index is 9.97. The van der Waals surface area contributed by atoms with Crippen molar-refractivity contribution in [3.63, 3.8) is 0 Å². The Morgan fingerprint density at radius 1 is 1.15 bits per heavy atom. The van der Waals surface area contributed by atoms with Crippen LogP contribution < -0.4 is 0 Å². The molecular weight excluding hydrogens is 291 g/mol. The van der Waals surface area contributed by atoms with E-state index in [0.29, 0.717) is 16.1 Å². The maximum Gasteiger partial charge on any atom is 0.137 e. The van der Waals surface area contributed by atoms with Crippen molar-refractivity contribution in [3.8, 4) is 6.07 Å². The van der Waals surface area contributed by atoms with Crippen molar-refractivity contribution >= 4 is 23.2 Å². The second-order valence-electron chi connectivity index (χ2n) is 5.80. The average molecular weight is 309 g/mol. The highest BCUT2D eigenvalue weighted by Gasteiger charge is 2.47. The molecule has 2 atom stereocenters. The van der Waals surface area contributed by atoms with E-state index in [0.717, 1.165) is 31.4 Å². The fourth-order valence-electron chi connectivity index (χ4n) is 3.88. The van der Waals surface area contributed by atoms with Crippen molar-refractivity contribution in [2.45, 2.75) is 50.1 Å². The molecule has 0 saturated carbocycles. The van der Waals surface area contributed by atoms with Gasteiger partial charge < -0.3 is 0 Å². The topological polar surface area (TPSA) is 27.0 Å². The molecule has 0 radical (unpaired) electrons. The SMILES string of the molecule is N#CC1(c2c(Cl)cccc2Cl)CCCC2CCCCN21. The van der Waals surface area contributed by atoms with Crippen LogP contribution in [0.2, 0.25) is 10.0 Å². The highest BCUT2D eigenvalue weighted by Crippen LogP contribution is 2.47. The Bertz CT molecular complexity index is 530. The summed E-state index contributed by atoms with van der Waals surface area (Å²) in [6.07, 6.45) is 6.68. The zero-order valence-corrected chi connectivity index (χ0v) is 12.9. The monoisotopic (exact) mass is 308 g/mol. The summed E-state index contributed by atoms with van der Waals surface area (Å²) in [6, 6.07) is 8.60. The van der Waals surface area contributed by atoms with Crippen molar-refractivity contribution in [2.24, 2.45) is 0 Å². The molecule has 1 aromatic rings. The lowest BCUT2D eigenvalue weighted by atomic mass is 9.76. The molecule has 0 amide bonds. The summed E-state index contributed by atoms with van der Waals surface area (Å²) in [4.78, 5) is 2.37. The highest BCUT2D eigenvalue weighted by molar-refractivity contribution is 6.36. The number of piperidine rings is 2. The Balaban J connectivity index is 2.13. The van der Waals surface area contributed by atoms with Crippen LogP contribution in [0.15, 0.2) is 18.2 Å². The third-order valence-corrected chi connectivity index (χ3v) is 5.38. The van der Waals surface area contributed by atoms with Gasteiger partial charge in [0, 0.05) is 28.2 Å². The first-order valence-electron chi connectivity index (χ1n) is 7.31. The number of rotatable bonds is 1. The predicted molar refractivity (Wildman–Crippen MR) is 81.9 cm³/mol. The van der Waals surface area contributed by atoms with Gasteiger partial charge in [0.25, 0.3) is 0 Å². The molecule has 2 nitrogen and oxygen atoms in total. The number of hydrogen-bond acceptors (Lipinski definition) is 2. The van der Waals surface area contributed by atoms with Crippen LogP contribution in [0.3, 0.4) is 0 Å². The van der Waals surface area contributed by atoms with Gasteiger partial charge in [0.1, 0.15) is 5.54 Å². The number of nitrogens with zero attached hydrogens (tertiary/aromatic N) is 2. The van der Waals surface area contributed by atoms with E-state index >= 15 is 0 Å². The highest BCUT2D eigenvalue weighted by atomic mass is 35.5. The van der Waals surface area contributed by atoms with E-state index in [2.05, 4.69) is 11.0 Å². The molecule has 2 aliphatic heterocycles. The Hall–Kier alpha value is -0.750. The molecule has 2 saturated heterocycles. The number of hydrogen-bond donors (Lipinski definition) is 0. The van der Waals surface area contributed by atoms with Crippen molar-refractivity contribution in [2.75, 3.05) is 6.54 Å². The summed E-state index contributed by atoms with van der Waals surface area (Å²) in [5.41, 5.74) is 0.177. The van der Waals surface area contributed by atoms with Crippen LogP contribution in [0.5, 0.6) is 0 Å². The third kappa shape index (κ3) is 2.13. The molecule has 4 heteroatoms. The first-order valence-corrected chi connectivity index (χ1v) is 8.07. The molecule has 20 heavy (non-hydrogen) atoms. The minimum absolute atomic E-state index is 0.504. The first kappa shape index (κ1) is 14.2. The molecule has 0 aliphatic carbocycles. The molecule has 1 aromatic carbocycles. The van der Waals surface area contributed by atoms with Gasteiger partial charge in [-0.3, -0.25) is 4.90 Å². The summed E-state index contributed by atoms with van der Waals surface area (Å²) < 4.78 is 0. The molecule has 0 N–H and O–H groups in total. The fourth-order valence-corrected chi connectivity index (χ4v) is 4.59. The van der Waals surface area contributed by atoms with Gasteiger partial charge in [-0.1, -0.05) is 35.7 Å². The second-order valence-corrected chi connectivity index (χ2v) is 6.62. The van der Waals surface area contributed by atoms with Crippen molar-refractivity contribution in [3.05, 3.63) is 33.8 Å². The Kier molecular flexibility index (Phi) is 3.95. The molecule has 2 unspecified atom stereocenters. The van der Waals surface area contributed by atoms with Gasteiger partial charge in [-0.2, -0.15) is 5.26 Å². The maximum absolute atomic E-state index is 9.97. The molecule has 2 heterocycles. The lowest BCUT2D eigenvalue weighted by Gasteiger charge is -2.50. The lowest BCUT2D eigenvalue weighted by molar-refractivity contribution is 0.00872. The summed E-state index contributed by atoms with van der Waals surface area (Å²) in [7, 11) is 0. The summed E-state index contributed by atoms with van der Waals surface area (Å²) in [5, 5.41) is 11.2. The first-order chi connectivity index (χ1) is 9.69. The molecule has 0 spiro atoms. The van der Waals surface area contributed by atoms with Crippen molar-refractivity contribution < 1.29 is 0 Å². The largest absolute Gasteiger partial charge is 0.279 e. The standard InChI is InChI=1S/C16H18Cl2N2/c17-13-7-3-8-14(18)15(13)16(11-19)9-4-6-12-5-1-2-10-20(12)16/h3,7-8,12H,1-2,4-6,9-10H2. The number of halogens is 2. The van der Waals surface area contributed by atoms with E-state index in [1.54, 1.807) is 0 Å². The van der Waals surface area contributed by atoms with Gasteiger partial charge in [0.2, 0.25) is 0 Å². The zero-order chi connectivity index (χ0) is 14.2. The van der Waals surface area contributed by atoms with E-state index in [9.17, 15) is 5.26 Å². The van der Waals surface area contributed by atoms with Crippen molar-refractivity contribution in [1.82, 2.24) is 4.90 Å². The van der Waals surface area contributed by atoms with E-state index in [1.165, 1.54) is 19.3 Å². The Morgan fingerprint density at radius 2 is 1.85 bits per heavy atom. The molecular formula is C16H18Cl2N2. The van der Waals surface area contributed by atoms with Crippen LogP contribution in [0.25, 0.3) is 0 Å². The smallest absolute Gasteiger partial charge is 0.137 e. The molecule has 2 aliphatic rings. The number of nitriles is 1. The summed E-state index contributed by atoms with van der Waals surface area (Å²) in [5.74, 6) is 0. The minimum Gasteiger partial charge on any atom is -0.279 e.